The van der Waals surface area contributed by atoms with E-state index >= 15 is 0 Å². The van der Waals surface area contributed by atoms with E-state index < -0.39 is 67.3 Å². The Hall–Kier alpha value is -4.62. The quantitative estimate of drug-likeness (QED) is 0.0228. The fourth-order valence-corrected chi connectivity index (χ4v) is 8.64. The fourth-order valence-electron chi connectivity index (χ4n) is 8.64. The summed E-state index contributed by atoms with van der Waals surface area (Å²) in [6.07, 6.45) is 60.6. The van der Waals surface area contributed by atoms with E-state index in [0.29, 0.717) is 19.3 Å². The van der Waals surface area contributed by atoms with Crippen molar-refractivity contribution in [2.75, 3.05) is 13.2 Å². The smallest absolute Gasteiger partial charge is 0.335 e. The van der Waals surface area contributed by atoms with Gasteiger partial charge in [-0.25, -0.2) is 4.79 Å². The molecule has 3 N–H and O–H groups in total. The van der Waals surface area contributed by atoms with Gasteiger partial charge >= 0.3 is 23.9 Å². The molecule has 0 spiro atoms. The molecule has 0 saturated carbocycles. The number of esters is 3. The topological polar surface area (TPSA) is 175 Å². The first kappa shape index (κ1) is 72.4. The number of ether oxygens (including phenoxy) is 5. The molecule has 0 amide bonds. The Balaban J connectivity index is 2.72. The van der Waals surface area contributed by atoms with Gasteiger partial charge in [0.05, 0.1) is 6.61 Å². The molecule has 1 fully saturated rings. The highest BCUT2D eigenvalue weighted by Gasteiger charge is 2.50. The summed E-state index contributed by atoms with van der Waals surface area (Å²) >= 11 is 0. The number of aliphatic carboxylic acids is 1. The fraction of sp³-hybridized carbons (Fsp3) is 0.672. The predicted octanol–water partition coefficient (Wildman–Crippen LogP) is 16.2. The van der Waals surface area contributed by atoms with Gasteiger partial charge in [0.1, 0.15) is 18.8 Å². The number of rotatable bonds is 51. The van der Waals surface area contributed by atoms with Crippen LogP contribution in [0.4, 0.5) is 0 Å². The molecule has 448 valence electrons. The van der Waals surface area contributed by atoms with Gasteiger partial charge in [-0.05, 0) is 122 Å². The Labute approximate surface area is 478 Å². The first-order valence-electron chi connectivity index (χ1n) is 30.9. The molecule has 0 radical (unpaired) electrons. The molecule has 0 aromatic carbocycles. The number of carboxylic acids is 1. The molecule has 1 rings (SSSR count). The van der Waals surface area contributed by atoms with Crippen LogP contribution in [0.2, 0.25) is 0 Å². The van der Waals surface area contributed by atoms with Gasteiger partial charge in [0, 0.05) is 19.3 Å². The Morgan fingerprint density at radius 2 is 0.797 bits per heavy atom. The first-order valence-corrected chi connectivity index (χ1v) is 30.9. The van der Waals surface area contributed by atoms with Gasteiger partial charge in [0.25, 0.3) is 0 Å². The number of unbranched alkanes of at least 4 members (excludes halogenated alkanes) is 19. The van der Waals surface area contributed by atoms with E-state index in [1.807, 2.05) is 0 Å². The summed E-state index contributed by atoms with van der Waals surface area (Å²) in [4.78, 5) is 51.2. The Morgan fingerprint density at radius 3 is 1.25 bits per heavy atom. The summed E-state index contributed by atoms with van der Waals surface area (Å²) in [6.45, 7) is 5.69. The number of aliphatic hydroxyl groups excluding tert-OH is 2. The maximum absolute atomic E-state index is 13.1. The third kappa shape index (κ3) is 43.8. The average molecular weight is 1110 g/mol. The monoisotopic (exact) mass is 1100 g/mol. The molecule has 0 aromatic rings. The normalized spacial score (nSPS) is 18.6. The second kappa shape index (κ2) is 54.0. The third-order valence-corrected chi connectivity index (χ3v) is 13.3. The second-order valence-electron chi connectivity index (χ2n) is 20.6. The molecule has 0 aromatic heterocycles. The van der Waals surface area contributed by atoms with E-state index in [-0.39, 0.29) is 25.9 Å². The van der Waals surface area contributed by atoms with Crippen molar-refractivity contribution in [2.24, 2.45) is 0 Å². The van der Waals surface area contributed by atoms with E-state index in [9.17, 15) is 34.5 Å². The molecule has 1 saturated heterocycles. The molecule has 79 heavy (non-hydrogen) atoms. The average Bonchev–Trinajstić information content (AvgIpc) is 3.46. The van der Waals surface area contributed by atoms with Crippen LogP contribution in [0, 0.1) is 0 Å². The van der Waals surface area contributed by atoms with Crippen LogP contribution in [0.3, 0.4) is 0 Å². The summed E-state index contributed by atoms with van der Waals surface area (Å²) < 4.78 is 28.4. The molecular formula is C67H108O12. The van der Waals surface area contributed by atoms with Crippen LogP contribution >= 0.6 is 0 Å². The molecule has 12 heteroatoms. The molecule has 1 aliphatic rings. The van der Waals surface area contributed by atoms with Gasteiger partial charge in [-0.3, -0.25) is 14.4 Å². The van der Waals surface area contributed by atoms with E-state index in [1.54, 1.807) is 0 Å². The Bertz CT molecular complexity index is 1790. The molecule has 12 nitrogen and oxygen atoms in total. The minimum absolute atomic E-state index is 0.0443. The summed E-state index contributed by atoms with van der Waals surface area (Å²) in [5, 5.41) is 31.5. The Kier molecular flexibility index (Phi) is 49.5. The molecule has 1 heterocycles. The van der Waals surface area contributed by atoms with Crippen LogP contribution in [0.15, 0.2) is 109 Å². The van der Waals surface area contributed by atoms with Crippen LogP contribution < -0.4 is 0 Å². The second-order valence-corrected chi connectivity index (χ2v) is 20.6. The number of carbonyl (C=O) groups excluding carboxylic acids is 3. The van der Waals surface area contributed by atoms with E-state index in [4.69, 9.17) is 23.7 Å². The number of carboxylic acid groups (broad SMARTS) is 1. The summed E-state index contributed by atoms with van der Waals surface area (Å²) in [5.74, 6) is -3.24. The van der Waals surface area contributed by atoms with Gasteiger partial charge in [-0.1, -0.05) is 207 Å². The minimum Gasteiger partial charge on any atom is -0.479 e. The zero-order valence-electron chi connectivity index (χ0n) is 49.3. The highest BCUT2D eigenvalue weighted by Crippen LogP contribution is 2.26. The van der Waals surface area contributed by atoms with Crippen LogP contribution in [0.1, 0.15) is 239 Å². The molecule has 0 bridgehead atoms. The zero-order valence-corrected chi connectivity index (χ0v) is 49.3. The van der Waals surface area contributed by atoms with E-state index in [0.717, 1.165) is 109 Å². The van der Waals surface area contributed by atoms with Crippen molar-refractivity contribution >= 4 is 23.9 Å². The first-order chi connectivity index (χ1) is 38.6. The Morgan fingerprint density at radius 1 is 0.430 bits per heavy atom. The zero-order chi connectivity index (χ0) is 57.5. The molecule has 6 atom stereocenters. The standard InChI is InChI=1S/C67H108O12/c1-4-7-10-13-16-19-22-25-28-29-30-31-34-37-40-43-46-49-52-55-61(70)78-65-63(72)62(71)64(66(73)74)79-67(65)76-57-58(77-60(69)54-51-48-45-42-39-36-33-27-24-21-18-15-12-9-6-3)56-75-59(68)53-50-47-44-41-38-35-32-26-23-20-17-14-11-8-5-2/h8-9,11-12,17-18,20-21,25-28,32-33,38-39,41-42,58,62-65,67,71-72H,4-7,10,13-16,19,22-24,29-31,34-37,40,43-57H2,1-3H3,(H,73,74)/b11-8-,12-9-,20-17-,21-18-,28-25-,32-26-,33-27-,41-38-,42-39-. The largest absolute Gasteiger partial charge is 0.479 e. The maximum Gasteiger partial charge on any atom is 0.335 e. The highest BCUT2D eigenvalue weighted by atomic mass is 16.7. The minimum atomic E-state index is -1.92. The van der Waals surface area contributed by atoms with Crippen molar-refractivity contribution in [3.8, 4) is 0 Å². The number of hydrogen-bond donors (Lipinski definition) is 3. The van der Waals surface area contributed by atoms with Gasteiger partial charge in [0.2, 0.25) is 0 Å². The van der Waals surface area contributed by atoms with Crippen molar-refractivity contribution in [3.05, 3.63) is 109 Å². The van der Waals surface area contributed by atoms with Crippen LogP contribution in [0.25, 0.3) is 0 Å². The van der Waals surface area contributed by atoms with Crippen LogP contribution in [0.5, 0.6) is 0 Å². The number of aliphatic hydroxyl groups is 2. The van der Waals surface area contributed by atoms with Crippen molar-refractivity contribution < 1.29 is 58.2 Å². The lowest BCUT2D eigenvalue weighted by atomic mass is 9.98. The van der Waals surface area contributed by atoms with Crippen molar-refractivity contribution in [1.82, 2.24) is 0 Å². The lowest BCUT2D eigenvalue weighted by molar-refractivity contribution is -0.301. The van der Waals surface area contributed by atoms with Crippen LogP contribution in [-0.2, 0) is 42.9 Å². The van der Waals surface area contributed by atoms with Gasteiger partial charge in [-0.2, -0.15) is 0 Å². The lowest BCUT2D eigenvalue weighted by Gasteiger charge is -2.40. The summed E-state index contributed by atoms with van der Waals surface area (Å²) in [5.41, 5.74) is 0. The van der Waals surface area contributed by atoms with Crippen molar-refractivity contribution in [1.29, 1.82) is 0 Å². The van der Waals surface area contributed by atoms with Crippen molar-refractivity contribution in [2.45, 2.75) is 276 Å². The number of carbonyl (C=O) groups is 4. The SMILES string of the molecule is CC/C=C\C/C=C\C/C=C\C/C=C\CCCCC(=O)OCC(COC1OC(C(=O)O)C(O)C(O)C1OC(=O)CCCCCCCCCCC/C=C\CCCCCCCC)OC(=O)CCCC/C=C\C/C=C\C/C=C\C/C=C\CC. The van der Waals surface area contributed by atoms with E-state index in [2.05, 4.69) is 130 Å². The van der Waals surface area contributed by atoms with Gasteiger partial charge in [0.15, 0.2) is 24.6 Å². The van der Waals surface area contributed by atoms with Crippen molar-refractivity contribution in [3.63, 3.8) is 0 Å². The molecule has 6 unspecified atom stereocenters. The van der Waals surface area contributed by atoms with Gasteiger partial charge < -0.3 is 39.0 Å². The number of allylic oxidation sites excluding steroid dienone is 18. The number of hydrogen-bond acceptors (Lipinski definition) is 11. The summed E-state index contributed by atoms with van der Waals surface area (Å²) in [7, 11) is 0. The molecular weight excluding hydrogens is 997 g/mol. The third-order valence-electron chi connectivity index (χ3n) is 13.3. The summed E-state index contributed by atoms with van der Waals surface area (Å²) in [6, 6.07) is 0. The van der Waals surface area contributed by atoms with Gasteiger partial charge in [-0.15, -0.1) is 0 Å². The highest BCUT2D eigenvalue weighted by molar-refractivity contribution is 5.74. The molecule has 0 aliphatic carbocycles. The lowest BCUT2D eigenvalue weighted by Crippen LogP contribution is -2.61. The molecule has 1 aliphatic heterocycles. The van der Waals surface area contributed by atoms with Crippen LogP contribution in [-0.4, -0.2) is 89.2 Å². The van der Waals surface area contributed by atoms with E-state index in [1.165, 1.54) is 70.6 Å². The predicted molar refractivity (Wildman–Crippen MR) is 321 cm³/mol. The maximum atomic E-state index is 13.1.